The van der Waals surface area contributed by atoms with E-state index in [1.807, 2.05) is 0 Å². The molecule has 2 rings (SSSR count). The first-order valence-corrected chi connectivity index (χ1v) is 3.10. The van der Waals surface area contributed by atoms with Crippen molar-refractivity contribution < 1.29 is 48.2 Å². The van der Waals surface area contributed by atoms with Crippen LogP contribution in [0.1, 0.15) is 0 Å². The van der Waals surface area contributed by atoms with Gasteiger partial charge in [-0.1, -0.05) is 0 Å². The fourth-order valence-electron chi connectivity index (χ4n) is 1.06. The van der Waals surface area contributed by atoms with Crippen LogP contribution in [-0.4, -0.2) is 33.4 Å². The fraction of sp³-hybridized carbons (Fsp3) is 1.00. The van der Waals surface area contributed by atoms with E-state index in [1.54, 1.807) is 0 Å². The van der Waals surface area contributed by atoms with Crippen molar-refractivity contribution in [1.82, 2.24) is 0 Å². The Hall–Kier alpha value is 0.905. The second-order valence-electron chi connectivity index (χ2n) is 2.06. The number of rotatable bonds is 0. The molecule has 2 saturated heterocycles. The van der Waals surface area contributed by atoms with E-state index < -0.39 is 6.96 Å². The topological polar surface area (TPSA) is 36.9 Å². The van der Waals surface area contributed by atoms with Crippen LogP contribution in [0, 0.1) is 0 Å². The van der Waals surface area contributed by atoms with E-state index in [4.69, 9.17) is 18.6 Å². The predicted octanol–water partition coefficient (Wildman–Crippen LogP) is -3.48. The van der Waals surface area contributed by atoms with Crippen LogP contribution in [0.3, 0.4) is 0 Å². The summed E-state index contributed by atoms with van der Waals surface area (Å²) in [4.78, 5) is 0. The maximum absolute atomic E-state index is 5.10. The van der Waals surface area contributed by atoms with Crippen molar-refractivity contribution in [1.29, 1.82) is 0 Å². The molecule has 0 saturated carbocycles. The minimum absolute atomic E-state index is 0. The summed E-state index contributed by atoms with van der Waals surface area (Å²) in [5.74, 6) is 0. The van der Waals surface area contributed by atoms with Gasteiger partial charge < -0.3 is 18.6 Å². The third-order valence-electron chi connectivity index (χ3n) is 1.45. The molecule has 0 aromatic carbocycles. The fourth-order valence-corrected chi connectivity index (χ4v) is 1.06. The van der Waals surface area contributed by atoms with Crippen molar-refractivity contribution in [2.24, 2.45) is 0 Å². The molecule has 1 spiro atoms. The quantitative estimate of drug-likeness (QED) is 0.339. The average Bonchev–Trinajstić information content (AvgIpc) is 2.45. The molecule has 0 atom stereocenters. The monoisotopic (exact) mass is 154 g/mol. The molecule has 10 heavy (non-hydrogen) atoms. The molecule has 0 aliphatic carbocycles. The molecule has 2 heterocycles. The molecule has 0 aromatic heterocycles. The van der Waals surface area contributed by atoms with Crippen LogP contribution in [0.5, 0.6) is 0 Å². The third kappa shape index (κ3) is 1.56. The summed E-state index contributed by atoms with van der Waals surface area (Å²) in [6, 6.07) is 0. The van der Waals surface area contributed by atoms with E-state index in [0.29, 0.717) is 26.4 Å². The van der Waals surface area contributed by atoms with E-state index in [0.717, 1.165) is 0 Å². The van der Waals surface area contributed by atoms with Crippen molar-refractivity contribution in [3.63, 3.8) is 0 Å². The van der Waals surface area contributed by atoms with Gasteiger partial charge in [0.25, 0.3) is 0 Å². The maximum Gasteiger partial charge on any atom is 1.00 e. The van der Waals surface area contributed by atoms with Crippen LogP contribution >= 0.6 is 0 Å². The van der Waals surface area contributed by atoms with Crippen LogP contribution in [-0.2, 0) is 18.6 Å². The Morgan fingerprint density at radius 3 is 1.30 bits per heavy atom. The van der Waals surface area contributed by atoms with Crippen molar-refractivity contribution in [2.75, 3.05) is 26.4 Å². The Labute approximate surface area is 81.5 Å². The first-order valence-electron chi connectivity index (χ1n) is 3.10. The molecule has 2 aliphatic heterocycles. The van der Waals surface area contributed by atoms with Gasteiger partial charge in [-0.2, -0.15) is 0 Å². The molecular formula is C4H8BNaO4. The van der Waals surface area contributed by atoms with E-state index in [1.165, 1.54) is 0 Å². The van der Waals surface area contributed by atoms with Crippen LogP contribution < -0.4 is 29.6 Å². The van der Waals surface area contributed by atoms with E-state index >= 15 is 0 Å². The van der Waals surface area contributed by atoms with Gasteiger partial charge in [-0.15, -0.1) is 0 Å². The summed E-state index contributed by atoms with van der Waals surface area (Å²) in [6.45, 7) is 0.611. The summed E-state index contributed by atoms with van der Waals surface area (Å²) in [5.41, 5.74) is 0. The summed E-state index contributed by atoms with van der Waals surface area (Å²) < 4.78 is 20.4. The smallest absolute Gasteiger partial charge is 0.517 e. The molecular weight excluding hydrogens is 146 g/mol. The molecule has 2 fully saturated rings. The first kappa shape index (κ1) is 9.00. The van der Waals surface area contributed by atoms with Crippen molar-refractivity contribution in [2.45, 2.75) is 0 Å². The molecule has 52 valence electrons. The third-order valence-corrected chi connectivity index (χ3v) is 1.45. The molecule has 0 aromatic rings. The molecule has 6 heteroatoms. The van der Waals surface area contributed by atoms with Gasteiger partial charge in [-0.3, -0.25) is 0 Å². The Balaban J connectivity index is 0.000000500. The Kier molecular flexibility index (Phi) is 3.18. The average molecular weight is 154 g/mol. The zero-order chi connectivity index (χ0) is 6.16. The summed E-state index contributed by atoms with van der Waals surface area (Å²) >= 11 is 0. The molecule has 0 N–H and O–H groups in total. The van der Waals surface area contributed by atoms with E-state index in [9.17, 15) is 0 Å². The van der Waals surface area contributed by atoms with Gasteiger partial charge >= 0.3 is 36.5 Å². The molecule has 0 bridgehead atoms. The Bertz CT molecular complexity index is 92.3. The second-order valence-corrected chi connectivity index (χ2v) is 2.06. The van der Waals surface area contributed by atoms with Gasteiger partial charge in [0, 0.05) is 26.4 Å². The van der Waals surface area contributed by atoms with E-state index in [-0.39, 0.29) is 29.6 Å². The van der Waals surface area contributed by atoms with Crippen molar-refractivity contribution in [3.05, 3.63) is 0 Å². The maximum atomic E-state index is 5.10. The van der Waals surface area contributed by atoms with Crippen molar-refractivity contribution >= 4 is 6.96 Å². The Morgan fingerprint density at radius 2 is 1.00 bits per heavy atom. The van der Waals surface area contributed by atoms with Gasteiger partial charge in [-0.05, 0) is 0 Å². The van der Waals surface area contributed by atoms with Crippen LogP contribution in [0.15, 0.2) is 0 Å². The zero-order valence-corrected chi connectivity index (χ0v) is 8.04. The largest absolute Gasteiger partial charge is 1.00 e. The minimum Gasteiger partial charge on any atom is -0.517 e. The van der Waals surface area contributed by atoms with Gasteiger partial charge in [0.2, 0.25) is 0 Å². The van der Waals surface area contributed by atoms with Crippen LogP contribution in [0.25, 0.3) is 0 Å². The van der Waals surface area contributed by atoms with E-state index in [2.05, 4.69) is 0 Å². The zero-order valence-electron chi connectivity index (χ0n) is 6.04. The van der Waals surface area contributed by atoms with Crippen LogP contribution in [0.4, 0.5) is 0 Å². The second kappa shape index (κ2) is 3.54. The molecule has 4 nitrogen and oxygen atoms in total. The van der Waals surface area contributed by atoms with Gasteiger partial charge in [0.15, 0.2) is 0 Å². The van der Waals surface area contributed by atoms with Gasteiger partial charge in [0.05, 0.1) is 0 Å². The molecule has 2 aliphatic rings. The normalized spacial score (nSPS) is 28.8. The number of hydrogen-bond acceptors (Lipinski definition) is 4. The molecule has 0 radical (unpaired) electrons. The van der Waals surface area contributed by atoms with Gasteiger partial charge in [0.1, 0.15) is 0 Å². The summed E-state index contributed by atoms with van der Waals surface area (Å²) in [6.07, 6.45) is 0. The predicted molar refractivity (Wildman–Crippen MR) is 29.6 cm³/mol. The number of hydrogen-bond donors (Lipinski definition) is 0. The minimum atomic E-state index is -1.72. The molecule has 0 unspecified atom stereocenters. The van der Waals surface area contributed by atoms with Gasteiger partial charge in [-0.25, -0.2) is 0 Å². The molecule has 0 amide bonds. The SMILES string of the molecule is C1CO[B-]2(O1)OCCO2.[Na+]. The summed E-state index contributed by atoms with van der Waals surface area (Å²) in [5, 5.41) is 0. The summed E-state index contributed by atoms with van der Waals surface area (Å²) in [7, 11) is 0. The Morgan fingerprint density at radius 1 is 0.700 bits per heavy atom. The van der Waals surface area contributed by atoms with Crippen molar-refractivity contribution in [3.8, 4) is 0 Å². The standard InChI is InChI=1S/C4H8BO4.Na/c1-2-7-5(6-1)8-3-4-9-5;/h1-4H2;/q-1;+1. The first-order chi connectivity index (χ1) is 4.41. The van der Waals surface area contributed by atoms with Crippen LogP contribution in [0.2, 0.25) is 0 Å².